The van der Waals surface area contributed by atoms with Crippen molar-refractivity contribution < 1.29 is 4.74 Å². The molecule has 0 spiro atoms. The second-order valence-corrected chi connectivity index (χ2v) is 4.39. The Hall–Kier alpha value is -0.120. The minimum atomic E-state index is 0.529. The van der Waals surface area contributed by atoms with E-state index in [1.807, 2.05) is 6.92 Å². The number of likely N-dealkylation sites (tertiary alicyclic amines) is 1. The Morgan fingerprint density at radius 2 is 2.29 bits per heavy atom. The molecule has 84 valence electrons. The lowest BCUT2D eigenvalue weighted by atomic mass is 10.1. The van der Waals surface area contributed by atoms with E-state index in [0.29, 0.717) is 18.0 Å². The van der Waals surface area contributed by atoms with Gasteiger partial charge in [0.05, 0.1) is 6.61 Å². The topological polar surface area (TPSA) is 38.5 Å². The van der Waals surface area contributed by atoms with Gasteiger partial charge in [-0.1, -0.05) is 0 Å². The third kappa shape index (κ3) is 2.94. The fourth-order valence-electron chi connectivity index (χ4n) is 2.34. The summed E-state index contributed by atoms with van der Waals surface area (Å²) in [6.07, 6.45) is 1.24. The van der Waals surface area contributed by atoms with E-state index in [9.17, 15) is 0 Å². The molecule has 0 aromatic rings. The number of ether oxygens (including phenoxy) is 1. The van der Waals surface area contributed by atoms with Crippen LogP contribution in [0.5, 0.6) is 0 Å². The van der Waals surface area contributed by atoms with E-state index >= 15 is 0 Å². The van der Waals surface area contributed by atoms with Gasteiger partial charge in [-0.3, -0.25) is 4.90 Å². The molecule has 3 unspecified atom stereocenters. The van der Waals surface area contributed by atoms with Gasteiger partial charge in [0.25, 0.3) is 0 Å². The predicted octanol–water partition coefficient (Wildman–Crippen LogP) is 1.08. The molecule has 1 aliphatic rings. The van der Waals surface area contributed by atoms with E-state index in [1.54, 1.807) is 0 Å². The molecule has 3 atom stereocenters. The van der Waals surface area contributed by atoms with Gasteiger partial charge in [-0.2, -0.15) is 0 Å². The van der Waals surface area contributed by atoms with E-state index in [0.717, 1.165) is 26.3 Å². The Bertz CT molecular complexity index is 163. The van der Waals surface area contributed by atoms with Crippen LogP contribution in [-0.2, 0) is 4.74 Å². The zero-order valence-corrected chi connectivity index (χ0v) is 9.70. The van der Waals surface area contributed by atoms with E-state index in [2.05, 4.69) is 18.7 Å². The van der Waals surface area contributed by atoms with Gasteiger partial charge in [0.1, 0.15) is 0 Å². The van der Waals surface area contributed by atoms with Gasteiger partial charge in [0, 0.05) is 25.2 Å². The maximum atomic E-state index is 5.70. The number of nitrogens with zero attached hydrogens (tertiary/aromatic N) is 1. The van der Waals surface area contributed by atoms with Crippen LogP contribution in [0.15, 0.2) is 0 Å². The molecule has 0 bridgehead atoms. The van der Waals surface area contributed by atoms with E-state index in [-0.39, 0.29) is 0 Å². The highest BCUT2D eigenvalue weighted by molar-refractivity contribution is 4.85. The molecule has 3 nitrogen and oxygen atoms in total. The first-order chi connectivity index (χ1) is 6.69. The summed E-state index contributed by atoms with van der Waals surface area (Å²) < 4.78 is 5.45. The molecule has 1 rings (SSSR count). The summed E-state index contributed by atoms with van der Waals surface area (Å²) in [4.78, 5) is 2.52. The minimum Gasteiger partial charge on any atom is -0.380 e. The van der Waals surface area contributed by atoms with Gasteiger partial charge in [-0.05, 0) is 39.7 Å². The average molecular weight is 200 g/mol. The van der Waals surface area contributed by atoms with Crippen molar-refractivity contribution in [3.8, 4) is 0 Å². The molecule has 1 heterocycles. The first-order valence-corrected chi connectivity index (χ1v) is 5.72. The molecule has 0 aromatic heterocycles. The quantitative estimate of drug-likeness (QED) is 0.722. The van der Waals surface area contributed by atoms with Crippen LogP contribution in [0.1, 0.15) is 27.2 Å². The lowest BCUT2D eigenvalue weighted by Gasteiger charge is -2.28. The van der Waals surface area contributed by atoms with Crippen LogP contribution in [0.25, 0.3) is 0 Å². The minimum absolute atomic E-state index is 0.529. The first-order valence-electron chi connectivity index (χ1n) is 5.72. The Morgan fingerprint density at radius 1 is 1.57 bits per heavy atom. The molecule has 1 saturated heterocycles. The molecular weight excluding hydrogens is 176 g/mol. The third-order valence-corrected chi connectivity index (χ3v) is 3.17. The monoisotopic (exact) mass is 200 g/mol. The van der Waals surface area contributed by atoms with Crippen molar-refractivity contribution in [3.63, 3.8) is 0 Å². The molecule has 0 aromatic carbocycles. The lowest BCUT2D eigenvalue weighted by Crippen LogP contribution is -2.39. The average Bonchev–Trinajstić information content (AvgIpc) is 2.56. The zero-order chi connectivity index (χ0) is 10.6. The number of nitrogens with two attached hydrogens (primary N) is 1. The standard InChI is InChI=1S/C11H24N2O/c1-4-14-8-10(3)13-7-11(6-12)5-9(13)2/h9-11H,4-8,12H2,1-3H3. The predicted molar refractivity (Wildman–Crippen MR) is 59.3 cm³/mol. The molecule has 0 aliphatic carbocycles. The van der Waals surface area contributed by atoms with Crippen molar-refractivity contribution >= 4 is 0 Å². The van der Waals surface area contributed by atoms with Gasteiger partial charge in [0.2, 0.25) is 0 Å². The summed E-state index contributed by atoms with van der Waals surface area (Å²) >= 11 is 0. The van der Waals surface area contributed by atoms with Crippen LogP contribution in [0.3, 0.4) is 0 Å². The molecule has 0 amide bonds. The van der Waals surface area contributed by atoms with Crippen LogP contribution in [0.4, 0.5) is 0 Å². The van der Waals surface area contributed by atoms with Gasteiger partial charge in [0.15, 0.2) is 0 Å². The summed E-state index contributed by atoms with van der Waals surface area (Å²) in [5.74, 6) is 0.689. The highest BCUT2D eigenvalue weighted by Crippen LogP contribution is 2.24. The number of hydrogen-bond acceptors (Lipinski definition) is 3. The second kappa shape index (κ2) is 5.69. The van der Waals surface area contributed by atoms with E-state index in [1.165, 1.54) is 6.42 Å². The smallest absolute Gasteiger partial charge is 0.0619 e. The third-order valence-electron chi connectivity index (χ3n) is 3.17. The Morgan fingerprint density at radius 3 is 2.79 bits per heavy atom. The van der Waals surface area contributed by atoms with Crippen molar-refractivity contribution in [3.05, 3.63) is 0 Å². The highest BCUT2D eigenvalue weighted by Gasteiger charge is 2.30. The normalized spacial score (nSPS) is 30.9. The van der Waals surface area contributed by atoms with Gasteiger partial charge < -0.3 is 10.5 Å². The van der Waals surface area contributed by atoms with Crippen molar-refractivity contribution in [2.45, 2.75) is 39.3 Å². The Balaban J connectivity index is 2.36. The van der Waals surface area contributed by atoms with Crippen LogP contribution in [-0.4, -0.2) is 43.3 Å². The number of hydrogen-bond donors (Lipinski definition) is 1. The maximum Gasteiger partial charge on any atom is 0.0619 e. The summed E-state index contributed by atoms with van der Waals surface area (Å²) in [6.45, 7) is 10.2. The fourth-order valence-corrected chi connectivity index (χ4v) is 2.34. The second-order valence-electron chi connectivity index (χ2n) is 4.39. The van der Waals surface area contributed by atoms with Crippen LogP contribution in [0.2, 0.25) is 0 Å². The molecular formula is C11H24N2O. The van der Waals surface area contributed by atoms with Crippen LogP contribution < -0.4 is 5.73 Å². The van der Waals surface area contributed by atoms with Crippen LogP contribution in [0, 0.1) is 5.92 Å². The van der Waals surface area contributed by atoms with Gasteiger partial charge in [-0.25, -0.2) is 0 Å². The maximum absolute atomic E-state index is 5.70. The van der Waals surface area contributed by atoms with Crippen molar-refractivity contribution in [1.29, 1.82) is 0 Å². The fraction of sp³-hybridized carbons (Fsp3) is 1.00. The lowest BCUT2D eigenvalue weighted by molar-refractivity contribution is 0.0693. The molecule has 2 N–H and O–H groups in total. The largest absolute Gasteiger partial charge is 0.380 e. The summed E-state index contributed by atoms with van der Waals surface area (Å²) in [5, 5.41) is 0. The zero-order valence-electron chi connectivity index (χ0n) is 9.70. The SMILES string of the molecule is CCOCC(C)N1CC(CN)CC1C. The molecule has 0 saturated carbocycles. The van der Waals surface area contributed by atoms with E-state index in [4.69, 9.17) is 10.5 Å². The van der Waals surface area contributed by atoms with Gasteiger partial charge in [-0.15, -0.1) is 0 Å². The summed E-state index contributed by atoms with van der Waals surface area (Å²) in [7, 11) is 0. The van der Waals surface area contributed by atoms with Crippen molar-refractivity contribution in [1.82, 2.24) is 4.90 Å². The first kappa shape index (κ1) is 12.0. The molecule has 0 radical (unpaired) electrons. The molecule has 1 aliphatic heterocycles. The molecule has 1 fully saturated rings. The van der Waals surface area contributed by atoms with Crippen molar-refractivity contribution in [2.24, 2.45) is 11.7 Å². The Labute approximate surface area is 87.6 Å². The highest BCUT2D eigenvalue weighted by atomic mass is 16.5. The number of rotatable bonds is 5. The van der Waals surface area contributed by atoms with E-state index < -0.39 is 0 Å². The summed E-state index contributed by atoms with van der Waals surface area (Å²) in [5.41, 5.74) is 5.70. The summed E-state index contributed by atoms with van der Waals surface area (Å²) in [6, 6.07) is 1.19. The molecule has 3 heteroatoms. The van der Waals surface area contributed by atoms with Crippen LogP contribution >= 0.6 is 0 Å². The van der Waals surface area contributed by atoms with Gasteiger partial charge >= 0.3 is 0 Å². The molecule has 14 heavy (non-hydrogen) atoms. The Kier molecular flexibility index (Phi) is 4.85. The van der Waals surface area contributed by atoms with Crippen molar-refractivity contribution in [2.75, 3.05) is 26.3 Å².